The number of hydrogen-bond donors (Lipinski definition) is 1. The molecule has 0 radical (unpaired) electrons. The zero-order chi connectivity index (χ0) is 26.0. The summed E-state index contributed by atoms with van der Waals surface area (Å²) in [6.07, 6.45) is 2.66. The Labute approximate surface area is 226 Å². The summed E-state index contributed by atoms with van der Waals surface area (Å²) >= 11 is 9.11. The van der Waals surface area contributed by atoms with Gasteiger partial charge < -0.3 is 10.1 Å². The Kier molecular flexibility index (Phi) is 10.9. The smallest absolute Gasteiger partial charge is 0.264 e. The van der Waals surface area contributed by atoms with Crippen LogP contribution in [-0.2, 0) is 14.8 Å². The molecule has 3 aromatic carbocycles. The van der Waals surface area contributed by atoms with Crippen molar-refractivity contribution in [2.24, 2.45) is 0 Å². The van der Waals surface area contributed by atoms with E-state index in [4.69, 9.17) is 16.3 Å². The number of sulfonamides is 1. The molecule has 0 aliphatic carbocycles. The minimum Gasteiger partial charge on any atom is -0.492 e. The van der Waals surface area contributed by atoms with E-state index in [2.05, 4.69) is 5.32 Å². The van der Waals surface area contributed by atoms with Crippen LogP contribution in [0.25, 0.3) is 0 Å². The largest absolute Gasteiger partial charge is 0.492 e. The Bertz CT molecular complexity index is 1240. The molecule has 0 fully saturated rings. The number of anilines is 1. The summed E-state index contributed by atoms with van der Waals surface area (Å²) < 4.78 is 34.1. The van der Waals surface area contributed by atoms with Crippen LogP contribution >= 0.6 is 35.1 Å². The summed E-state index contributed by atoms with van der Waals surface area (Å²) in [7, 11) is -4.02. The van der Waals surface area contributed by atoms with Crippen LogP contribution in [-0.4, -0.2) is 46.0 Å². The fraction of sp³-hybridized carbons (Fsp3) is 0.269. The number of carbonyl (C=O) groups excluding carboxylic acids is 1. The van der Waals surface area contributed by atoms with Crippen LogP contribution in [0.3, 0.4) is 0 Å². The van der Waals surface area contributed by atoms with E-state index in [0.29, 0.717) is 29.6 Å². The van der Waals surface area contributed by atoms with Crippen molar-refractivity contribution in [3.63, 3.8) is 0 Å². The average Bonchev–Trinajstić information content (AvgIpc) is 2.89. The number of para-hydroxylation sites is 2. The molecule has 0 aliphatic rings. The highest BCUT2D eigenvalue weighted by Crippen LogP contribution is 2.33. The van der Waals surface area contributed by atoms with Crippen molar-refractivity contribution in [2.75, 3.05) is 36.0 Å². The number of hydrogen-bond acceptors (Lipinski definition) is 6. The second kappa shape index (κ2) is 13.8. The second-order valence-corrected chi connectivity index (χ2v) is 11.9. The maximum Gasteiger partial charge on any atom is 0.264 e. The monoisotopic (exact) mass is 564 g/mol. The van der Waals surface area contributed by atoms with Gasteiger partial charge in [0, 0.05) is 21.4 Å². The number of benzene rings is 3. The number of thioether (sulfide) groups is 2. The molecule has 0 bridgehead atoms. The molecular weight excluding hydrogens is 536 g/mol. The van der Waals surface area contributed by atoms with Crippen molar-refractivity contribution in [2.45, 2.75) is 28.0 Å². The van der Waals surface area contributed by atoms with E-state index in [1.165, 1.54) is 11.8 Å². The first-order valence-corrected chi connectivity index (χ1v) is 15.4. The maximum absolute atomic E-state index is 13.7. The van der Waals surface area contributed by atoms with Gasteiger partial charge in [-0.1, -0.05) is 23.7 Å². The van der Waals surface area contributed by atoms with Gasteiger partial charge in [-0.2, -0.15) is 0 Å². The summed E-state index contributed by atoms with van der Waals surface area (Å²) in [5, 5.41) is 3.54. The van der Waals surface area contributed by atoms with Crippen molar-refractivity contribution in [1.82, 2.24) is 5.32 Å². The number of nitrogens with one attached hydrogen (secondary N) is 1. The molecule has 0 saturated carbocycles. The molecule has 36 heavy (non-hydrogen) atoms. The normalized spacial score (nSPS) is 11.2. The molecule has 0 unspecified atom stereocenters. The topological polar surface area (TPSA) is 75.7 Å². The highest BCUT2D eigenvalue weighted by atomic mass is 35.5. The number of carbonyl (C=O) groups is 1. The van der Waals surface area contributed by atoms with Crippen LogP contribution in [0.15, 0.2) is 87.5 Å². The first kappa shape index (κ1) is 28.2. The first-order chi connectivity index (χ1) is 17.3. The van der Waals surface area contributed by atoms with Gasteiger partial charge in [-0.05, 0) is 86.0 Å². The van der Waals surface area contributed by atoms with Gasteiger partial charge in [-0.25, -0.2) is 8.42 Å². The van der Waals surface area contributed by atoms with E-state index in [0.717, 1.165) is 26.3 Å². The van der Waals surface area contributed by atoms with Crippen LogP contribution in [0.5, 0.6) is 5.75 Å². The van der Waals surface area contributed by atoms with E-state index in [9.17, 15) is 13.2 Å². The molecule has 0 atom stereocenters. The first-order valence-electron chi connectivity index (χ1n) is 11.4. The third kappa shape index (κ3) is 7.83. The fourth-order valence-corrected chi connectivity index (χ4v) is 6.14. The Morgan fingerprint density at radius 3 is 2.33 bits per heavy atom. The van der Waals surface area contributed by atoms with E-state index in [1.54, 1.807) is 60.3 Å². The second-order valence-electron chi connectivity index (χ2n) is 7.59. The summed E-state index contributed by atoms with van der Waals surface area (Å²) in [5.41, 5.74) is 0.321. The van der Waals surface area contributed by atoms with Crippen molar-refractivity contribution in [3.05, 3.63) is 77.8 Å². The number of halogens is 1. The highest BCUT2D eigenvalue weighted by Gasteiger charge is 2.29. The third-order valence-electron chi connectivity index (χ3n) is 5.09. The Morgan fingerprint density at radius 2 is 1.67 bits per heavy atom. The molecule has 0 aromatic heterocycles. The van der Waals surface area contributed by atoms with Crippen LogP contribution in [0, 0.1) is 0 Å². The molecule has 0 heterocycles. The van der Waals surface area contributed by atoms with E-state index in [-0.39, 0.29) is 17.3 Å². The number of nitrogens with zero attached hydrogens (tertiary/aromatic N) is 1. The van der Waals surface area contributed by atoms with Gasteiger partial charge in [-0.15, -0.1) is 23.5 Å². The van der Waals surface area contributed by atoms with Crippen molar-refractivity contribution < 1.29 is 17.9 Å². The summed E-state index contributed by atoms with van der Waals surface area (Å²) in [6.45, 7) is 2.26. The molecular formula is C26H29ClN2O4S3. The summed E-state index contributed by atoms with van der Waals surface area (Å²) in [5.74, 6) is 0.817. The van der Waals surface area contributed by atoms with Gasteiger partial charge in [0.1, 0.15) is 12.3 Å². The van der Waals surface area contributed by atoms with Gasteiger partial charge >= 0.3 is 0 Å². The lowest BCUT2D eigenvalue weighted by atomic mass is 10.3. The standard InChI is InChI=1S/C26H29ClN2O4S3/c1-3-33-25-8-5-4-7-24(25)29(36(31,32)23-15-13-21(34-2)14-16-23)19-26(30)28-17-6-18-35-22-11-9-20(27)10-12-22/h4-5,7-16H,3,6,17-19H2,1-2H3,(H,28,30). The lowest BCUT2D eigenvalue weighted by Gasteiger charge is -2.26. The van der Waals surface area contributed by atoms with E-state index in [1.807, 2.05) is 37.4 Å². The van der Waals surface area contributed by atoms with Crippen LogP contribution in [0.2, 0.25) is 5.02 Å². The average molecular weight is 565 g/mol. The number of ether oxygens (including phenoxy) is 1. The molecule has 6 nitrogen and oxygen atoms in total. The maximum atomic E-state index is 13.7. The zero-order valence-corrected chi connectivity index (χ0v) is 23.4. The molecule has 3 rings (SSSR count). The molecule has 0 spiro atoms. The molecule has 0 saturated heterocycles. The minimum absolute atomic E-state index is 0.110. The Balaban J connectivity index is 1.71. The Morgan fingerprint density at radius 1 is 1.00 bits per heavy atom. The van der Waals surface area contributed by atoms with Gasteiger partial charge in [0.2, 0.25) is 5.91 Å². The summed E-state index contributed by atoms with van der Waals surface area (Å²) in [4.78, 5) is 15.0. The molecule has 3 aromatic rings. The fourth-order valence-electron chi connectivity index (χ4n) is 3.32. The summed E-state index contributed by atoms with van der Waals surface area (Å²) in [6, 6.07) is 21.1. The quantitative estimate of drug-likeness (QED) is 0.204. The molecule has 0 aliphatic heterocycles. The zero-order valence-electron chi connectivity index (χ0n) is 20.1. The van der Waals surface area contributed by atoms with Gasteiger partial charge in [-0.3, -0.25) is 9.10 Å². The lowest BCUT2D eigenvalue weighted by Crippen LogP contribution is -2.41. The molecule has 1 N–H and O–H groups in total. The van der Waals surface area contributed by atoms with Crippen molar-refractivity contribution in [1.29, 1.82) is 0 Å². The molecule has 10 heteroatoms. The van der Waals surface area contributed by atoms with Crippen LogP contribution in [0.1, 0.15) is 13.3 Å². The predicted octanol–water partition coefficient (Wildman–Crippen LogP) is 5.95. The van der Waals surface area contributed by atoms with Crippen molar-refractivity contribution >= 4 is 56.7 Å². The van der Waals surface area contributed by atoms with E-state index >= 15 is 0 Å². The SMILES string of the molecule is CCOc1ccccc1N(CC(=O)NCCCSc1ccc(Cl)cc1)S(=O)(=O)c1ccc(SC)cc1. The number of rotatable bonds is 13. The molecule has 1 amide bonds. The van der Waals surface area contributed by atoms with Gasteiger partial charge in [0.25, 0.3) is 10.0 Å². The Hall–Kier alpha value is -2.33. The van der Waals surface area contributed by atoms with E-state index < -0.39 is 10.0 Å². The van der Waals surface area contributed by atoms with Gasteiger partial charge in [0.15, 0.2) is 0 Å². The molecule has 192 valence electrons. The van der Waals surface area contributed by atoms with Crippen LogP contribution in [0.4, 0.5) is 5.69 Å². The third-order valence-corrected chi connectivity index (χ3v) is 8.96. The predicted molar refractivity (Wildman–Crippen MR) is 150 cm³/mol. The van der Waals surface area contributed by atoms with Gasteiger partial charge in [0.05, 0.1) is 17.2 Å². The van der Waals surface area contributed by atoms with Crippen LogP contribution < -0.4 is 14.4 Å². The minimum atomic E-state index is -4.02. The highest BCUT2D eigenvalue weighted by molar-refractivity contribution is 7.99. The lowest BCUT2D eigenvalue weighted by molar-refractivity contribution is -0.119. The van der Waals surface area contributed by atoms with Crippen molar-refractivity contribution in [3.8, 4) is 5.75 Å². The number of amides is 1.